The Balaban J connectivity index is 2.57. The Bertz CT molecular complexity index is 170. The Hall–Kier alpha value is -0.340. The van der Waals surface area contributed by atoms with Crippen molar-refractivity contribution in [3.05, 3.63) is 11.1 Å². The van der Waals surface area contributed by atoms with Crippen LogP contribution in [0.2, 0.25) is 0 Å². The van der Waals surface area contributed by atoms with Crippen LogP contribution in [-0.4, -0.2) is 16.5 Å². The van der Waals surface area contributed by atoms with Crippen LogP contribution in [0.15, 0.2) is 11.1 Å². The van der Waals surface area contributed by atoms with Crippen LogP contribution in [0.25, 0.3) is 0 Å². The Morgan fingerprint density at radius 2 is 1.91 bits per heavy atom. The summed E-state index contributed by atoms with van der Waals surface area (Å²) in [6.07, 6.45) is 1.66. The second kappa shape index (κ2) is 3.37. The third-order valence-electron chi connectivity index (χ3n) is 2.61. The van der Waals surface area contributed by atoms with Crippen LogP contribution in [-0.2, 0) is 0 Å². The minimum absolute atomic E-state index is 0.0682. The molecule has 0 bridgehead atoms. The SMILES string of the molecule is CC1=C(C)CC(C(O)O)CC1. The van der Waals surface area contributed by atoms with Crippen LogP contribution in [0.1, 0.15) is 33.1 Å². The van der Waals surface area contributed by atoms with Gasteiger partial charge < -0.3 is 10.2 Å². The lowest BCUT2D eigenvalue weighted by atomic mass is 9.85. The van der Waals surface area contributed by atoms with E-state index in [2.05, 4.69) is 13.8 Å². The third kappa shape index (κ3) is 2.04. The fourth-order valence-corrected chi connectivity index (χ4v) is 1.54. The molecule has 1 rings (SSSR count). The van der Waals surface area contributed by atoms with Gasteiger partial charge in [-0.1, -0.05) is 11.1 Å². The zero-order valence-electron chi connectivity index (χ0n) is 7.17. The van der Waals surface area contributed by atoms with E-state index in [9.17, 15) is 0 Å². The van der Waals surface area contributed by atoms with Gasteiger partial charge >= 0.3 is 0 Å². The lowest BCUT2D eigenvalue weighted by Crippen LogP contribution is -2.22. The molecule has 0 saturated carbocycles. The van der Waals surface area contributed by atoms with Crippen molar-refractivity contribution in [3.8, 4) is 0 Å². The predicted molar refractivity (Wildman–Crippen MR) is 43.9 cm³/mol. The molecule has 64 valence electrons. The second-order valence-electron chi connectivity index (χ2n) is 3.48. The van der Waals surface area contributed by atoms with E-state index >= 15 is 0 Å². The van der Waals surface area contributed by atoms with Gasteiger partial charge in [-0.15, -0.1) is 0 Å². The first kappa shape index (κ1) is 8.75. The normalized spacial score (nSPS) is 26.5. The van der Waals surface area contributed by atoms with Crippen molar-refractivity contribution in [2.75, 3.05) is 0 Å². The first-order chi connectivity index (χ1) is 5.11. The van der Waals surface area contributed by atoms with Crippen LogP contribution < -0.4 is 0 Å². The van der Waals surface area contributed by atoms with E-state index in [0.29, 0.717) is 0 Å². The molecule has 0 radical (unpaired) electrons. The van der Waals surface area contributed by atoms with Gasteiger partial charge in [-0.05, 0) is 33.1 Å². The molecule has 2 N–H and O–H groups in total. The maximum absolute atomic E-state index is 8.91. The zero-order valence-corrected chi connectivity index (χ0v) is 7.17. The van der Waals surface area contributed by atoms with Gasteiger partial charge in [0.25, 0.3) is 0 Å². The smallest absolute Gasteiger partial charge is 0.154 e. The average molecular weight is 156 g/mol. The molecule has 1 unspecified atom stereocenters. The molecule has 0 heterocycles. The van der Waals surface area contributed by atoms with Crippen molar-refractivity contribution in [2.45, 2.75) is 39.4 Å². The molecule has 0 amide bonds. The number of hydrogen-bond donors (Lipinski definition) is 2. The van der Waals surface area contributed by atoms with Crippen molar-refractivity contribution in [1.29, 1.82) is 0 Å². The molecule has 0 fully saturated rings. The fourth-order valence-electron chi connectivity index (χ4n) is 1.54. The summed E-state index contributed by atoms with van der Waals surface area (Å²) in [5.74, 6) is 0.0682. The second-order valence-corrected chi connectivity index (χ2v) is 3.48. The van der Waals surface area contributed by atoms with Gasteiger partial charge in [-0.2, -0.15) is 0 Å². The largest absolute Gasteiger partial charge is 0.368 e. The summed E-state index contributed by atoms with van der Waals surface area (Å²) in [4.78, 5) is 0. The topological polar surface area (TPSA) is 40.5 Å². The first-order valence-electron chi connectivity index (χ1n) is 4.12. The summed E-state index contributed by atoms with van der Waals surface area (Å²) in [5, 5.41) is 17.8. The van der Waals surface area contributed by atoms with E-state index in [1.807, 2.05) is 0 Å². The van der Waals surface area contributed by atoms with Crippen molar-refractivity contribution in [3.63, 3.8) is 0 Å². The standard InChI is InChI=1S/C9H16O2/c1-6-3-4-8(9(10)11)5-7(6)2/h8-11H,3-5H2,1-2H3. The number of rotatable bonds is 1. The third-order valence-corrected chi connectivity index (χ3v) is 2.61. The number of allylic oxidation sites excluding steroid dienone is 2. The summed E-state index contributed by atoms with van der Waals surface area (Å²) in [5.41, 5.74) is 2.75. The number of aliphatic hydroxyl groups excluding tert-OH is 1. The maximum Gasteiger partial charge on any atom is 0.154 e. The van der Waals surface area contributed by atoms with Crippen LogP contribution in [0, 0.1) is 5.92 Å². The Kier molecular flexibility index (Phi) is 2.68. The number of hydrogen-bond acceptors (Lipinski definition) is 2. The van der Waals surface area contributed by atoms with Crippen molar-refractivity contribution < 1.29 is 10.2 Å². The van der Waals surface area contributed by atoms with Gasteiger partial charge in [0, 0.05) is 5.92 Å². The molecule has 0 aromatic rings. The highest BCUT2D eigenvalue weighted by Crippen LogP contribution is 2.30. The molecule has 2 nitrogen and oxygen atoms in total. The van der Waals surface area contributed by atoms with Gasteiger partial charge in [0.05, 0.1) is 0 Å². The van der Waals surface area contributed by atoms with Gasteiger partial charge in [-0.3, -0.25) is 0 Å². The predicted octanol–water partition coefficient (Wildman–Crippen LogP) is 1.43. The molecule has 1 aliphatic rings. The van der Waals surface area contributed by atoms with Crippen molar-refractivity contribution in [2.24, 2.45) is 5.92 Å². The van der Waals surface area contributed by atoms with E-state index < -0.39 is 6.29 Å². The average Bonchev–Trinajstić information content (AvgIpc) is 1.94. The van der Waals surface area contributed by atoms with Crippen LogP contribution in [0.3, 0.4) is 0 Å². The fraction of sp³-hybridized carbons (Fsp3) is 0.778. The van der Waals surface area contributed by atoms with Gasteiger partial charge in [0.15, 0.2) is 6.29 Å². The van der Waals surface area contributed by atoms with Crippen LogP contribution in [0.4, 0.5) is 0 Å². The Morgan fingerprint density at radius 3 is 2.36 bits per heavy atom. The lowest BCUT2D eigenvalue weighted by Gasteiger charge is -2.25. The molecule has 1 aliphatic carbocycles. The molecular formula is C9H16O2. The highest BCUT2D eigenvalue weighted by atomic mass is 16.5. The highest BCUT2D eigenvalue weighted by molar-refractivity contribution is 5.13. The van der Waals surface area contributed by atoms with E-state index in [1.165, 1.54) is 11.1 Å². The molecule has 1 atom stereocenters. The molecular weight excluding hydrogens is 140 g/mol. The lowest BCUT2D eigenvalue weighted by molar-refractivity contribution is -0.0867. The minimum atomic E-state index is -1.13. The maximum atomic E-state index is 8.91. The molecule has 0 aliphatic heterocycles. The van der Waals surface area contributed by atoms with Crippen LogP contribution >= 0.6 is 0 Å². The van der Waals surface area contributed by atoms with Crippen molar-refractivity contribution in [1.82, 2.24) is 0 Å². The van der Waals surface area contributed by atoms with Gasteiger partial charge in [-0.25, -0.2) is 0 Å². The van der Waals surface area contributed by atoms with E-state index in [0.717, 1.165) is 19.3 Å². The minimum Gasteiger partial charge on any atom is -0.368 e. The molecule has 2 heteroatoms. The van der Waals surface area contributed by atoms with Gasteiger partial charge in [0.1, 0.15) is 0 Å². The summed E-state index contributed by atoms with van der Waals surface area (Å²) < 4.78 is 0. The summed E-state index contributed by atoms with van der Waals surface area (Å²) in [7, 11) is 0. The number of aliphatic hydroxyl groups is 2. The Labute approximate surface area is 67.6 Å². The first-order valence-corrected chi connectivity index (χ1v) is 4.12. The summed E-state index contributed by atoms with van der Waals surface area (Å²) in [6.45, 7) is 4.19. The van der Waals surface area contributed by atoms with Gasteiger partial charge in [0.2, 0.25) is 0 Å². The van der Waals surface area contributed by atoms with Crippen LogP contribution in [0.5, 0.6) is 0 Å². The molecule has 0 saturated heterocycles. The summed E-state index contributed by atoms with van der Waals surface area (Å²) >= 11 is 0. The Morgan fingerprint density at radius 1 is 1.27 bits per heavy atom. The molecule has 0 spiro atoms. The van der Waals surface area contributed by atoms with Crippen molar-refractivity contribution >= 4 is 0 Å². The molecule has 11 heavy (non-hydrogen) atoms. The van der Waals surface area contributed by atoms with E-state index in [-0.39, 0.29) is 5.92 Å². The monoisotopic (exact) mass is 156 g/mol. The van der Waals surface area contributed by atoms with E-state index in [4.69, 9.17) is 10.2 Å². The highest BCUT2D eigenvalue weighted by Gasteiger charge is 2.21. The summed E-state index contributed by atoms with van der Waals surface area (Å²) in [6, 6.07) is 0. The quantitative estimate of drug-likeness (QED) is 0.445. The van der Waals surface area contributed by atoms with E-state index in [1.54, 1.807) is 0 Å². The molecule has 0 aromatic heterocycles. The zero-order chi connectivity index (χ0) is 8.43. The molecule has 0 aromatic carbocycles.